The number of rotatable bonds is 5. The third-order valence-corrected chi connectivity index (χ3v) is 4.47. The van der Waals surface area contributed by atoms with Gasteiger partial charge in [-0.1, -0.05) is 67.4 Å². The van der Waals surface area contributed by atoms with Gasteiger partial charge in [0, 0.05) is 18.4 Å². The molecule has 24 heavy (non-hydrogen) atoms. The van der Waals surface area contributed by atoms with Gasteiger partial charge in [-0.15, -0.1) is 0 Å². The van der Waals surface area contributed by atoms with Gasteiger partial charge in [0.2, 0.25) is 0 Å². The number of nitrogens with zero attached hydrogens (tertiary/aromatic N) is 1. The number of hydrogen-bond acceptors (Lipinski definition) is 1. The van der Waals surface area contributed by atoms with E-state index in [1.807, 2.05) is 0 Å². The van der Waals surface area contributed by atoms with Crippen molar-refractivity contribution in [1.29, 1.82) is 0 Å². The van der Waals surface area contributed by atoms with Gasteiger partial charge in [-0.05, 0) is 54.3 Å². The van der Waals surface area contributed by atoms with Crippen molar-refractivity contribution in [3.63, 3.8) is 0 Å². The van der Waals surface area contributed by atoms with Gasteiger partial charge in [0.15, 0.2) is 0 Å². The Hall–Kier alpha value is -2.54. The first-order valence-corrected chi connectivity index (χ1v) is 8.67. The molecule has 0 fully saturated rings. The van der Waals surface area contributed by atoms with Crippen molar-refractivity contribution in [3.05, 3.63) is 83.9 Å². The third-order valence-electron chi connectivity index (χ3n) is 4.47. The molecule has 1 heteroatoms. The van der Waals surface area contributed by atoms with E-state index in [2.05, 4.69) is 98.6 Å². The maximum Gasteiger partial charge on any atom is 0.0408 e. The average Bonchev–Trinajstić information content (AvgIpc) is 2.62. The smallest absolute Gasteiger partial charge is 0.0408 e. The lowest BCUT2D eigenvalue weighted by molar-refractivity contribution is 0.922. The van der Waals surface area contributed by atoms with Crippen LogP contribution < -0.4 is 4.90 Å². The van der Waals surface area contributed by atoms with Gasteiger partial charge in [0.25, 0.3) is 0 Å². The molecule has 3 rings (SSSR count). The van der Waals surface area contributed by atoms with E-state index in [-0.39, 0.29) is 0 Å². The normalized spacial score (nSPS) is 10.6. The van der Waals surface area contributed by atoms with Gasteiger partial charge in [-0.25, -0.2) is 0 Å². The fraction of sp³-hybridized carbons (Fsp3) is 0.217. The van der Waals surface area contributed by atoms with E-state index in [9.17, 15) is 0 Å². The molecule has 0 saturated carbocycles. The molecule has 0 aliphatic heterocycles. The van der Waals surface area contributed by atoms with Crippen LogP contribution in [0.2, 0.25) is 0 Å². The highest BCUT2D eigenvalue weighted by atomic mass is 15.1. The van der Waals surface area contributed by atoms with E-state index < -0.39 is 0 Å². The topological polar surface area (TPSA) is 3.24 Å². The first kappa shape index (κ1) is 16.3. The highest BCUT2D eigenvalue weighted by Gasteiger charge is 2.05. The maximum absolute atomic E-state index is 2.31. The summed E-state index contributed by atoms with van der Waals surface area (Å²) in [6, 6.07) is 26.3. The molecule has 0 amide bonds. The van der Waals surface area contributed by atoms with Gasteiger partial charge in [0.05, 0.1) is 0 Å². The zero-order chi connectivity index (χ0) is 16.9. The van der Waals surface area contributed by atoms with Crippen LogP contribution in [-0.4, -0.2) is 7.05 Å². The predicted octanol–water partition coefficient (Wildman–Crippen LogP) is 6.38. The Labute approximate surface area is 145 Å². The summed E-state index contributed by atoms with van der Waals surface area (Å²) in [4.78, 5) is 2.22. The fourth-order valence-electron chi connectivity index (χ4n) is 2.99. The Morgan fingerprint density at radius 2 is 1.38 bits per heavy atom. The summed E-state index contributed by atoms with van der Waals surface area (Å²) in [5.74, 6) is 0. The van der Waals surface area contributed by atoms with Crippen molar-refractivity contribution in [2.75, 3.05) is 11.9 Å². The molecule has 0 atom stereocenters. The van der Waals surface area contributed by atoms with Crippen molar-refractivity contribution in [1.82, 2.24) is 0 Å². The van der Waals surface area contributed by atoms with Crippen molar-refractivity contribution in [3.8, 4) is 11.1 Å². The van der Waals surface area contributed by atoms with Crippen molar-refractivity contribution in [2.45, 2.75) is 26.7 Å². The molecule has 3 aromatic carbocycles. The van der Waals surface area contributed by atoms with Crippen LogP contribution in [0, 0.1) is 6.92 Å². The molecule has 0 radical (unpaired) electrons. The maximum atomic E-state index is 2.31. The lowest BCUT2D eigenvalue weighted by Gasteiger charge is -2.20. The lowest BCUT2D eigenvalue weighted by Crippen LogP contribution is -2.08. The minimum atomic E-state index is 1.14. The summed E-state index contributed by atoms with van der Waals surface area (Å²) in [6.07, 6.45) is 2.33. The zero-order valence-electron chi connectivity index (χ0n) is 14.8. The largest absolute Gasteiger partial charge is 0.345 e. The number of aryl methyl sites for hydroxylation is 2. The molecule has 0 aliphatic carbocycles. The van der Waals surface area contributed by atoms with Crippen molar-refractivity contribution < 1.29 is 0 Å². The van der Waals surface area contributed by atoms with Crippen LogP contribution in [0.15, 0.2) is 72.8 Å². The predicted molar refractivity (Wildman–Crippen MR) is 105 cm³/mol. The summed E-state index contributed by atoms with van der Waals surface area (Å²) in [5.41, 5.74) is 7.68. The highest BCUT2D eigenvalue weighted by molar-refractivity contribution is 5.70. The lowest BCUT2D eigenvalue weighted by atomic mass is 10.0. The molecular weight excluding hydrogens is 290 g/mol. The SMILES string of the molecule is CCCc1cccc(-c2ccc(N(C)c3ccc(C)cc3)cc2)c1. The van der Waals surface area contributed by atoms with E-state index in [1.165, 1.54) is 40.0 Å². The van der Waals surface area contributed by atoms with Crippen LogP contribution in [0.3, 0.4) is 0 Å². The van der Waals surface area contributed by atoms with Crippen LogP contribution in [0.4, 0.5) is 11.4 Å². The monoisotopic (exact) mass is 315 g/mol. The summed E-state index contributed by atoms with van der Waals surface area (Å²) in [7, 11) is 2.11. The van der Waals surface area contributed by atoms with Crippen LogP contribution in [0.1, 0.15) is 24.5 Å². The average molecular weight is 315 g/mol. The molecule has 0 unspecified atom stereocenters. The Balaban J connectivity index is 1.82. The molecule has 0 heterocycles. The highest BCUT2D eigenvalue weighted by Crippen LogP contribution is 2.27. The van der Waals surface area contributed by atoms with Crippen LogP contribution >= 0.6 is 0 Å². The minimum absolute atomic E-state index is 1.14. The number of benzene rings is 3. The van der Waals surface area contributed by atoms with Crippen molar-refractivity contribution >= 4 is 11.4 Å². The van der Waals surface area contributed by atoms with Gasteiger partial charge in [-0.2, -0.15) is 0 Å². The Kier molecular flexibility index (Phi) is 5.00. The van der Waals surface area contributed by atoms with E-state index in [0.29, 0.717) is 0 Å². The van der Waals surface area contributed by atoms with Crippen molar-refractivity contribution in [2.24, 2.45) is 0 Å². The summed E-state index contributed by atoms with van der Waals surface area (Å²) < 4.78 is 0. The van der Waals surface area contributed by atoms with Gasteiger partial charge >= 0.3 is 0 Å². The Morgan fingerprint density at radius 3 is 2.00 bits per heavy atom. The quantitative estimate of drug-likeness (QED) is 0.528. The molecule has 0 bridgehead atoms. The second-order valence-electron chi connectivity index (χ2n) is 6.39. The summed E-state index contributed by atoms with van der Waals surface area (Å²) >= 11 is 0. The van der Waals surface area contributed by atoms with Gasteiger partial charge < -0.3 is 4.90 Å². The van der Waals surface area contributed by atoms with E-state index in [1.54, 1.807) is 0 Å². The van der Waals surface area contributed by atoms with E-state index >= 15 is 0 Å². The Morgan fingerprint density at radius 1 is 0.750 bits per heavy atom. The first-order valence-electron chi connectivity index (χ1n) is 8.67. The second-order valence-corrected chi connectivity index (χ2v) is 6.39. The van der Waals surface area contributed by atoms with Crippen LogP contribution in [0.25, 0.3) is 11.1 Å². The minimum Gasteiger partial charge on any atom is -0.345 e. The third kappa shape index (κ3) is 3.68. The molecule has 0 spiro atoms. The fourth-order valence-corrected chi connectivity index (χ4v) is 2.99. The Bertz CT molecular complexity index is 785. The molecule has 3 aromatic rings. The number of anilines is 2. The molecule has 0 saturated heterocycles. The second kappa shape index (κ2) is 7.35. The van der Waals surface area contributed by atoms with Crippen LogP contribution in [-0.2, 0) is 6.42 Å². The molecule has 122 valence electrons. The molecular formula is C23H25N. The molecule has 0 aliphatic rings. The molecule has 0 aromatic heterocycles. The summed E-state index contributed by atoms with van der Waals surface area (Å²) in [5, 5.41) is 0. The molecule has 0 N–H and O–H groups in total. The van der Waals surface area contributed by atoms with E-state index in [4.69, 9.17) is 0 Å². The number of hydrogen-bond donors (Lipinski definition) is 0. The van der Waals surface area contributed by atoms with Gasteiger partial charge in [-0.3, -0.25) is 0 Å². The first-order chi connectivity index (χ1) is 11.7. The standard InChI is InChI=1S/C23H25N/c1-4-6-19-7-5-8-21(17-19)20-11-15-23(16-12-20)24(3)22-13-9-18(2)10-14-22/h5,7-17H,4,6H2,1-3H3. The molecule has 1 nitrogen and oxygen atoms in total. The zero-order valence-corrected chi connectivity index (χ0v) is 14.8. The summed E-state index contributed by atoms with van der Waals surface area (Å²) in [6.45, 7) is 4.34. The van der Waals surface area contributed by atoms with Crippen LogP contribution in [0.5, 0.6) is 0 Å². The van der Waals surface area contributed by atoms with Gasteiger partial charge in [0.1, 0.15) is 0 Å². The van der Waals surface area contributed by atoms with E-state index in [0.717, 1.165) is 6.42 Å².